The van der Waals surface area contributed by atoms with Crippen LogP contribution in [0.5, 0.6) is 5.75 Å². The molecule has 156 valence electrons. The summed E-state index contributed by atoms with van der Waals surface area (Å²) >= 11 is 0. The van der Waals surface area contributed by atoms with Gasteiger partial charge >= 0.3 is 5.97 Å². The summed E-state index contributed by atoms with van der Waals surface area (Å²) in [5.41, 5.74) is 3.87. The summed E-state index contributed by atoms with van der Waals surface area (Å²) in [4.78, 5) is 16.2. The van der Waals surface area contributed by atoms with E-state index in [-0.39, 0.29) is 10.9 Å². The Kier molecular flexibility index (Phi) is 5.67. The number of hydrogen-bond acceptors (Lipinski definition) is 3. The monoisotopic (exact) mass is 415 g/mol. The predicted octanol–water partition coefficient (Wildman–Crippen LogP) is 6.44. The SMILES string of the molecule is CC(C)COc1ccc(-c2ccc(-c3cc(C(=O)O)c4cc(F)ccc4n3)cc2)cc1. The second kappa shape index (κ2) is 8.56. The molecule has 4 rings (SSSR count). The Balaban J connectivity index is 1.63. The van der Waals surface area contributed by atoms with Crippen molar-refractivity contribution in [1.82, 2.24) is 4.98 Å². The van der Waals surface area contributed by atoms with Crippen molar-refractivity contribution in [2.75, 3.05) is 6.61 Å². The maximum atomic E-state index is 13.6. The average Bonchev–Trinajstić information content (AvgIpc) is 2.77. The Bertz CT molecular complexity index is 1230. The van der Waals surface area contributed by atoms with Crippen LogP contribution >= 0.6 is 0 Å². The molecule has 0 bridgehead atoms. The summed E-state index contributed by atoms with van der Waals surface area (Å²) < 4.78 is 19.3. The fourth-order valence-corrected chi connectivity index (χ4v) is 3.36. The number of carboxylic acid groups (broad SMARTS) is 1. The smallest absolute Gasteiger partial charge is 0.336 e. The number of aromatic nitrogens is 1. The van der Waals surface area contributed by atoms with Crippen LogP contribution in [0.15, 0.2) is 72.8 Å². The zero-order chi connectivity index (χ0) is 22.0. The van der Waals surface area contributed by atoms with Gasteiger partial charge in [-0.1, -0.05) is 50.2 Å². The van der Waals surface area contributed by atoms with Gasteiger partial charge in [0.25, 0.3) is 0 Å². The van der Waals surface area contributed by atoms with E-state index in [0.717, 1.165) is 22.4 Å². The van der Waals surface area contributed by atoms with Crippen LogP contribution in [-0.2, 0) is 0 Å². The number of carbonyl (C=O) groups is 1. The average molecular weight is 415 g/mol. The van der Waals surface area contributed by atoms with Gasteiger partial charge in [-0.3, -0.25) is 0 Å². The van der Waals surface area contributed by atoms with Gasteiger partial charge in [0, 0.05) is 10.9 Å². The van der Waals surface area contributed by atoms with Crippen molar-refractivity contribution in [1.29, 1.82) is 0 Å². The highest BCUT2D eigenvalue weighted by molar-refractivity contribution is 6.03. The van der Waals surface area contributed by atoms with Crippen molar-refractivity contribution in [2.45, 2.75) is 13.8 Å². The first-order chi connectivity index (χ1) is 14.9. The molecule has 0 amide bonds. The van der Waals surface area contributed by atoms with Crippen molar-refractivity contribution < 1.29 is 19.0 Å². The molecule has 1 heterocycles. The summed E-state index contributed by atoms with van der Waals surface area (Å²) in [5, 5.41) is 9.85. The number of hydrogen-bond donors (Lipinski definition) is 1. The molecule has 0 saturated heterocycles. The highest BCUT2D eigenvalue weighted by atomic mass is 19.1. The molecule has 3 aromatic carbocycles. The van der Waals surface area contributed by atoms with E-state index in [1.165, 1.54) is 24.3 Å². The minimum atomic E-state index is -1.12. The molecule has 31 heavy (non-hydrogen) atoms. The van der Waals surface area contributed by atoms with Crippen LogP contribution < -0.4 is 4.74 Å². The number of aromatic carboxylic acids is 1. The van der Waals surface area contributed by atoms with E-state index in [1.54, 1.807) is 0 Å². The van der Waals surface area contributed by atoms with Crippen molar-refractivity contribution in [3.8, 4) is 28.1 Å². The topological polar surface area (TPSA) is 59.4 Å². The van der Waals surface area contributed by atoms with Gasteiger partial charge in [0.1, 0.15) is 11.6 Å². The lowest BCUT2D eigenvalue weighted by molar-refractivity contribution is 0.0699. The molecule has 0 unspecified atom stereocenters. The van der Waals surface area contributed by atoms with Crippen LogP contribution in [0.1, 0.15) is 24.2 Å². The Morgan fingerprint density at radius 2 is 1.55 bits per heavy atom. The predicted molar refractivity (Wildman–Crippen MR) is 120 cm³/mol. The van der Waals surface area contributed by atoms with Crippen LogP contribution in [0.25, 0.3) is 33.3 Å². The maximum absolute atomic E-state index is 13.6. The van der Waals surface area contributed by atoms with Gasteiger partial charge in [-0.2, -0.15) is 0 Å². The van der Waals surface area contributed by atoms with E-state index in [4.69, 9.17) is 4.74 Å². The van der Waals surface area contributed by atoms with Gasteiger partial charge in [0.05, 0.1) is 23.4 Å². The third kappa shape index (κ3) is 4.56. The van der Waals surface area contributed by atoms with Gasteiger partial charge < -0.3 is 9.84 Å². The third-order valence-corrected chi connectivity index (χ3v) is 4.95. The minimum Gasteiger partial charge on any atom is -0.493 e. The van der Waals surface area contributed by atoms with E-state index in [9.17, 15) is 14.3 Å². The van der Waals surface area contributed by atoms with Crippen LogP contribution in [0.3, 0.4) is 0 Å². The molecule has 0 radical (unpaired) electrons. The number of benzene rings is 3. The van der Waals surface area contributed by atoms with Gasteiger partial charge in [0.15, 0.2) is 0 Å². The van der Waals surface area contributed by atoms with Crippen LogP contribution in [0.2, 0.25) is 0 Å². The highest BCUT2D eigenvalue weighted by Crippen LogP contribution is 2.28. The molecule has 0 spiro atoms. The number of carboxylic acids is 1. The summed E-state index contributed by atoms with van der Waals surface area (Å²) in [6.07, 6.45) is 0. The van der Waals surface area contributed by atoms with Gasteiger partial charge in [-0.15, -0.1) is 0 Å². The van der Waals surface area contributed by atoms with E-state index in [0.29, 0.717) is 23.7 Å². The number of nitrogens with zero attached hydrogens (tertiary/aromatic N) is 1. The molecule has 1 N–H and O–H groups in total. The van der Waals surface area contributed by atoms with Crippen LogP contribution in [-0.4, -0.2) is 22.7 Å². The molecule has 0 atom stereocenters. The fourth-order valence-electron chi connectivity index (χ4n) is 3.36. The van der Waals surface area contributed by atoms with E-state index in [2.05, 4.69) is 18.8 Å². The van der Waals surface area contributed by atoms with Crippen molar-refractivity contribution in [3.05, 3.63) is 84.2 Å². The molecule has 1 aromatic heterocycles. The molecule has 0 aliphatic heterocycles. The molecular weight excluding hydrogens is 393 g/mol. The lowest BCUT2D eigenvalue weighted by Crippen LogP contribution is -2.04. The van der Waals surface area contributed by atoms with Gasteiger partial charge in [0.2, 0.25) is 0 Å². The summed E-state index contributed by atoms with van der Waals surface area (Å²) in [6.45, 7) is 4.90. The molecule has 5 heteroatoms. The number of halogens is 1. The van der Waals surface area contributed by atoms with E-state index >= 15 is 0 Å². The largest absolute Gasteiger partial charge is 0.493 e. The minimum absolute atomic E-state index is 0.0283. The van der Waals surface area contributed by atoms with Crippen LogP contribution in [0, 0.1) is 11.7 Å². The number of rotatable bonds is 6. The van der Waals surface area contributed by atoms with E-state index < -0.39 is 11.8 Å². The zero-order valence-electron chi connectivity index (χ0n) is 17.3. The second-order valence-electron chi connectivity index (χ2n) is 7.83. The first-order valence-electron chi connectivity index (χ1n) is 10.1. The molecule has 0 aliphatic rings. The first kappa shape index (κ1) is 20.5. The Morgan fingerprint density at radius 3 is 2.16 bits per heavy atom. The maximum Gasteiger partial charge on any atom is 0.336 e. The molecule has 0 aliphatic carbocycles. The first-order valence-corrected chi connectivity index (χ1v) is 10.1. The standard InChI is InChI=1S/C26H22FNO3/c1-16(2)15-31-21-10-7-18(8-11-21)17-3-5-19(6-4-17)25-14-23(26(29)30)22-13-20(27)9-12-24(22)28-25/h3-14,16H,15H2,1-2H3,(H,29,30). The lowest BCUT2D eigenvalue weighted by Gasteiger charge is -2.10. The molecule has 4 nitrogen and oxygen atoms in total. The zero-order valence-corrected chi connectivity index (χ0v) is 17.3. The highest BCUT2D eigenvalue weighted by Gasteiger charge is 2.14. The lowest BCUT2D eigenvalue weighted by atomic mass is 10.0. The number of ether oxygens (including phenoxy) is 1. The summed E-state index contributed by atoms with van der Waals surface area (Å²) in [6, 6.07) is 21.1. The number of fused-ring (bicyclic) bond motifs is 1. The Hall–Kier alpha value is -3.73. The summed E-state index contributed by atoms with van der Waals surface area (Å²) in [5.74, 6) is -0.297. The third-order valence-electron chi connectivity index (χ3n) is 4.95. The van der Waals surface area contributed by atoms with Crippen molar-refractivity contribution in [3.63, 3.8) is 0 Å². The Labute approximate surface area is 180 Å². The molecule has 0 saturated carbocycles. The van der Waals surface area contributed by atoms with Gasteiger partial charge in [-0.25, -0.2) is 14.2 Å². The quantitative estimate of drug-likeness (QED) is 0.394. The number of pyridine rings is 1. The fraction of sp³-hybridized carbons (Fsp3) is 0.154. The Morgan fingerprint density at radius 1 is 0.935 bits per heavy atom. The van der Waals surface area contributed by atoms with Crippen molar-refractivity contribution in [2.24, 2.45) is 5.92 Å². The molecular formula is C26H22FNO3. The normalized spacial score (nSPS) is 11.1. The van der Waals surface area contributed by atoms with E-state index in [1.807, 2.05) is 48.5 Å². The second-order valence-corrected chi connectivity index (χ2v) is 7.83. The molecule has 4 aromatic rings. The molecule has 0 fully saturated rings. The summed E-state index contributed by atoms with van der Waals surface area (Å²) in [7, 11) is 0. The van der Waals surface area contributed by atoms with Crippen LogP contribution in [0.4, 0.5) is 4.39 Å². The van der Waals surface area contributed by atoms with Crippen molar-refractivity contribution >= 4 is 16.9 Å². The van der Waals surface area contributed by atoms with Gasteiger partial charge in [-0.05, 0) is 53.4 Å².